The molecule has 0 aliphatic carbocycles. The Morgan fingerprint density at radius 3 is 2.00 bits per heavy atom. The van der Waals surface area contributed by atoms with Crippen molar-refractivity contribution in [2.24, 2.45) is 0 Å². The molecule has 0 radical (unpaired) electrons. The molecule has 2 aromatic carbocycles. The van der Waals surface area contributed by atoms with Gasteiger partial charge < -0.3 is 4.57 Å². The number of aryl methyl sites for hydroxylation is 2. The van der Waals surface area contributed by atoms with Crippen molar-refractivity contribution in [3.8, 4) is 6.07 Å². The number of aldehydes is 1. The maximum atomic E-state index is 13.6. The maximum Gasteiger partial charge on any atom is 0.167 e. The number of aromatic nitrogens is 2. The number of fused-ring (bicyclic) bond motifs is 1. The molecule has 0 unspecified atom stereocenters. The molecule has 0 atom stereocenters. The number of hydrogen-bond acceptors (Lipinski definition) is 3. The second kappa shape index (κ2) is 7.53. The van der Waals surface area contributed by atoms with E-state index in [2.05, 4.69) is 11.1 Å². The molecule has 0 N–H and O–H groups in total. The second-order valence-electron chi connectivity index (χ2n) is 7.14. The third-order valence-electron chi connectivity index (χ3n) is 5.17. The fourth-order valence-corrected chi connectivity index (χ4v) is 3.93. The van der Waals surface area contributed by atoms with E-state index in [4.69, 9.17) is 0 Å². The number of nitrogens with zero attached hydrogens (tertiary/aromatic N) is 3. The number of rotatable bonds is 4. The van der Waals surface area contributed by atoms with Crippen LogP contribution in [0.2, 0.25) is 0 Å². The third-order valence-corrected chi connectivity index (χ3v) is 5.17. The number of nitriles is 1. The Kier molecular flexibility index (Phi) is 4.88. The van der Waals surface area contributed by atoms with Gasteiger partial charge in [-0.3, -0.25) is 4.79 Å². The molecule has 4 nitrogen and oxygen atoms in total. The van der Waals surface area contributed by atoms with Crippen LogP contribution < -0.4 is 0 Å². The Morgan fingerprint density at radius 1 is 1.00 bits per heavy atom. The molecular formula is C24H17F2N3O. The predicted molar refractivity (Wildman–Crippen MR) is 109 cm³/mol. The van der Waals surface area contributed by atoms with Crippen molar-refractivity contribution in [1.29, 1.82) is 5.26 Å². The summed E-state index contributed by atoms with van der Waals surface area (Å²) in [5, 5.41) is 10.4. The van der Waals surface area contributed by atoms with Crippen molar-refractivity contribution >= 4 is 17.3 Å². The maximum absolute atomic E-state index is 13.6. The Morgan fingerprint density at radius 2 is 1.53 bits per heavy atom. The average molecular weight is 401 g/mol. The van der Waals surface area contributed by atoms with Crippen LogP contribution in [0.25, 0.3) is 11.0 Å². The predicted octanol–water partition coefficient (Wildman–Crippen LogP) is 5.25. The molecule has 4 rings (SSSR count). The quantitative estimate of drug-likeness (QED) is 0.439. The first-order valence-electron chi connectivity index (χ1n) is 9.33. The van der Waals surface area contributed by atoms with Gasteiger partial charge in [-0.05, 0) is 60.9 Å². The molecule has 4 aromatic rings. The van der Waals surface area contributed by atoms with E-state index in [0.717, 1.165) is 11.3 Å². The first kappa shape index (κ1) is 19.5. The minimum atomic E-state index is -0.607. The highest BCUT2D eigenvalue weighted by atomic mass is 19.1. The van der Waals surface area contributed by atoms with Gasteiger partial charge >= 0.3 is 0 Å². The molecule has 0 saturated carbocycles. The smallest absolute Gasteiger partial charge is 0.167 e. The van der Waals surface area contributed by atoms with E-state index in [0.29, 0.717) is 28.4 Å². The summed E-state index contributed by atoms with van der Waals surface area (Å²) in [7, 11) is 0. The van der Waals surface area contributed by atoms with Gasteiger partial charge in [-0.15, -0.1) is 0 Å². The van der Waals surface area contributed by atoms with Gasteiger partial charge in [0.1, 0.15) is 29.0 Å². The van der Waals surface area contributed by atoms with Crippen LogP contribution >= 0.6 is 0 Å². The van der Waals surface area contributed by atoms with Crippen LogP contribution in [0.3, 0.4) is 0 Å². The van der Waals surface area contributed by atoms with Crippen molar-refractivity contribution in [2.45, 2.75) is 19.9 Å². The SMILES string of the molecule is Cc1cc(C)c2c(C#N)c(C=O)n(C(c3ccc(F)cc3)c3ccc(F)cc3)c2n1. The zero-order valence-corrected chi connectivity index (χ0v) is 16.4. The molecular weight excluding hydrogens is 384 g/mol. The number of halogens is 2. The highest BCUT2D eigenvalue weighted by Gasteiger charge is 2.27. The zero-order valence-electron chi connectivity index (χ0n) is 16.4. The fourth-order valence-electron chi connectivity index (χ4n) is 3.93. The molecule has 0 aliphatic heterocycles. The Labute approximate surface area is 172 Å². The molecule has 0 amide bonds. The lowest BCUT2D eigenvalue weighted by molar-refractivity contribution is 0.111. The summed E-state index contributed by atoms with van der Waals surface area (Å²) < 4.78 is 28.9. The number of benzene rings is 2. The van der Waals surface area contributed by atoms with Crippen LogP contribution in [0, 0.1) is 36.8 Å². The molecule has 2 aromatic heterocycles. The van der Waals surface area contributed by atoms with E-state index in [1.807, 2.05) is 19.9 Å². The highest BCUT2D eigenvalue weighted by molar-refractivity contribution is 5.96. The van der Waals surface area contributed by atoms with Gasteiger partial charge in [0.25, 0.3) is 0 Å². The van der Waals surface area contributed by atoms with Crippen LogP contribution in [0.5, 0.6) is 0 Å². The summed E-state index contributed by atoms with van der Waals surface area (Å²) in [6, 6.07) is 15.1. The number of hydrogen-bond donors (Lipinski definition) is 0. The second-order valence-corrected chi connectivity index (χ2v) is 7.14. The molecule has 0 spiro atoms. The van der Waals surface area contributed by atoms with E-state index in [1.165, 1.54) is 24.3 Å². The van der Waals surface area contributed by atoms with Gasteiger partial charge in [0.2, 0.25) is 0 Å². The molecule has 0 bridgehead atoms. The highest BCUT2D eigenvalue weighted by Crippen LogP contribution is 2.36. The molecule has 0 saturated heterocycles. The Hall–Kier alpha value is -3.85. The number of pyridine rings is 1. The lowest BCUT2D eigenvalue weighted by Crippen LogP contribution is -2.16. The van der Waals surface area contributed by atoms with Crippen molar-refractivity contribution in [1.82, 2.24) is 9.55 Å². The lowest BCUT2D eigenvalue weighted by atomic mass is 9.98. The summed E-state index contributed by atoms with van der Waals surface area (Å²) in [5.74, 6) is -0.792. The molecule has 6 heteroatoms. The first-order chi connectivity index (χ1) is 14.4. The van der Waals surface area contributed by atoms with Crippen LogP contribution in [0.4, 0.5) is 8.78 Å². The number of carbonyl (C=O) groups is 1. The van der Waals surface area contributed by atoms with Crippen LogP contribution in [-0.4, -0.2) is 15.8 Å². The Bertz CT molecular complexity index is 1250. The van der Waals surface area contributed by atoms with Gasteiger partial charge in [-0.1, -0.05) is 24.3 Å². The van der Waals surface area contributed by atoms with E-state index < -0.39 is 17.7 Å². The van der Waals surface area contributed by atoms with Crippen molar-refractivity contribution in [2.75, 3.05) is 0 Å². The van der Waals surface area contributed by atoms with Crippen LogP contribution in [0.1, 0.15) is 44.5 Å². The minimum Gasteiger partial charge on any atom is -0.310 e. The topological polar surface area (TPSA) is 58.7 Å². The monoisotopic (exact) mass is 401 g/mol. The van der Waals surface area contributed by atoms with Crippen molar-refractivity contribution in [3.63, 3.8) is 0 Å². The van der Waals surface area contributed by atoms with Gasteiger partial charge in [-0.25, -0.2) is 13.8 Å². The molecule has 0 aliphatic rings. The van der Waals surface area contributed by atoms with Crippen LogP contribution in [0.15, 0.2) is 54.6 Å². The third kappa shape index (κ3) is 3.15. The van der Waals surface area contributed by atoms with Crippen molar-refractivity contribution < 1.29 is 13.6 Å². The molecule has 0 fully saturated rings. The van der Waals surface area contributed by atoms with Gasteiger partial charge in [0.05, 0.1) is 11.6 Å². The van der Waals surface area contributed by atoms with E-state index in [-0.39, 0.29) is 11.3 Å². The lowest BCUT2D eigenvalue weighted by Gasteiger charge is -2.22. The summed E-state index contributed by atoms with van der Waals surface area (Å²) in [5.41, 5.74) is 3.80. The zero-order chi connectivity index (χ0) is 21.4. The first-order valence-corrected chi connectivity index (χ1v) is 9.33. The van der Waals surface area contributed by atoms with Crippen LogP contribution in [-0.2, 0) is 0 Å². The summed E-state index contributed by atoms with van der Waals surface area (Å²) in [6.07, 6.45) is 0.634. The molecule has 30 heavy (non-hydrogen) atoms. The number of carbonyl (C=O) groups excluding carboxylic acids is 1. The summed E-state index contributed by atoms with van der Waals surface area (Å²) in [4.78, 5) is 16.8. The average Bonchev–Trinajstić information content (AvgIpc) is 3.04. The minimum absolute atomic E-state index is 0.173. The van der Waals surface area contributed by atoms with Crippen molar-refractivity contribution in [3.05, 3.63) is 99.9 Å². The van der Waals surface area contributed by atoms with E-state index in [9.17, 15) is 18.8 Å². The summed E-state index contributed by atoms with van der Waals surface area (Å²) >= 11 is 0. The normalized spacial score (nSPS) is 11.1. The summed E-state index contributed by atoms with van der Waals surface area (Å²) in [6.45, 7) is 3.70. The van der Waals surface area contributed by atoms with Gasteiger partial charge in [0, 0.05) is 11.1 Å². The molecule has 148 valence electrons. The van der Waals surface area contributed by atoms with Gasteiger partial charge in [-0.2, -0.15) is 5.26 Å². The van der Waals surface area contributed by atoms with Gasteiger partial charge in [0.15, 0.2) is 6.29 Å². The fraction of sp³-hybridized carbons (Fsp3) is 0.125. The van der Waals surface area contributed by atoms with E-state index in [1.54, 1.807) is 28.8 Å². The van der Waals surface area contributed by atoms with E-state index >= 15 is 0 Å². The largest absolute Gasteiger partial charge is 0.310 e. The molecule has 2 heterocycles. The standard InChI is InChI=1S/C24H17F2N3O/c1-14-11-15(2)28-24-22(14)20(12-27)21(13-30)29(24)23(16-3-7-18(25)8-4-16)17-5-9-19(26)10-6-17/h3-11,13,23H,1-2H3. The Balaban J connectivity index is 2.14.